The van der Waals surface area contributed by atoms with E-state index in [-0.39, 0.29) is 35.8 Å². The van der Waals surface area contributed by atoms with Crippen molar-refractivity contribution in [1.82, 2.24) is 20.0 Å². The summed E-state index contributed by atoms with van der Waals surface area (Å²) in [5.74, 6) is -0.639. The van der Waals surface area contributed by atoms with E-state index in [9.17, 15) is 19.2 Å². The number of fused-ring (bicyclic) bond motifs is 2. The van der Waals surface area contributed by atoms with Crippen molar-refractivity contribution < 1.29 is 14.4 Å². The van der Waals surface area contributed by atoms with Gasteiger partial charge < -0.3 is 10.2 Å². The second kappa shape index (κ2) is 7.35. The van der Waals surface area contributed by atoms with Crippen LogP contribution in [0.2, 0.25) is 0 Å². The van der Waals surface area contributed by atoms with Gasteiger partial charge in [0.05, 0.1) is 11.9 Å². The van der Waals surface area contributed by atoms with Gasteiger partial charge in [0.2, 0.25) is 0 Å². The fourth-order valence-electron chi connectivity index (χ4n) is 4.24. The number of aromatic amines is 1. The minimum Gasteiger partial charge on any atom is -0.321 e. The molecule has 2 aliphatic heterocycles. The van der Waals surface area contributed by atoms with E-state index in [2.05, 4.69) is 15.5 Å². The predicted octanol–water partition coefficient (Wildman–Crippen LogP) is 2.10. The van der Waals surface area contributed by atoms with E-state index >= 15 is 0 Å². The van der Waals surface area contributed by atoms with Crippen molar-refractivity contribution in [2.75, 3.05) is 11.9 Å². The summed E-state index contributed by atoms with van der Waals surface area (Å²) in [7, 11) is 0. The van der Waals surface area contributed by atoms with Crippen LogP contribution < -0.4 is 10.9 Å². The molecule has 2 N–H and O–H groups in total. The van der Waals surface area contributed by atoms with Gasteiger partial charge in [0.15, 0.2) is 5.69 Å². The summed E-state index contributed by atoms with van der Waals surface area (Å²) in [6, 6.07) is 13.1. The van der Waals surface area contributed by atoms with Crippen molar-refractivity contribution in [2.24, 2.45) is 0 Å². The molecule has 3 heterocycles. The highest BCUT2D eigenvalue weighted by atomic mass is 16.2. The molecule has 3 aromatic rings. The number of anilines is 1. The minimum atomic E-state index is -0.474. The number of hydrogen-bond donors (Lipinski definition) is 2. The molecule has 2 fully saturated rings. The smallest absolute Gasteiger partial charge is 0.321 e. The molecule has 2 aliphatic rings. The molecule has 1 unspecified atom stereocenters. The fourth-order valence-corrected chi connectivity index (χ4v) is 4.24. The van der Waals surface area contributed by atoms with Crippen LogP contribution in [0.15, 0.2) is 53.3 Å². The van der Waals surface area contributed by atoms with Gasteiger partial charge in [-0.3, -0.25) is 19.3 Å². The van der Waals surface area contributed by atoms with Gasteiger partial charge in [0.25, 0.3) is 17.4 Å². The number of nitrogens with zero attached hydrogens (tertiary/aromatic N) is 3. The third kappa shape index (κ3) is 3.24. The first-order valence-corrected chi connectivity index (χ1v) is 10.0. The Bertz CT molecular complexity index is 1260. The van der Waals surface area contributed by atoms with Crippen LogP contribution in [-0.2, 0) is 11.3 Å². The molecule has 1 aromatic heterocycles. The molecular weight excluding hydrogens is 398 g/mol. The Hall–Kier alpha value is -4.01. The maximum absolute atomic E-state index is 12.8. The molecular formula is C22H19N5O4. The molecule has 31 heavy (non-hydrogen) atoms. The Morgan fingerprint density at radius 2 is 1.90 bits per heavy atom. The normalized spacial score (nSPS) is 18.0. The van der Waals surface area contributed by atoms with Gasteiger partial charge in [0.1, 0.15) is 6.04 Å². The van der Waals surface area contributed by atoms with Gasteiger partial charge in [-0.25, -0.2) is 9.89 Å². The molecule has 9 heteroatoms. The fraction of sp³-hybridized carbons (Fsp3) is 0.227. The number of nitrogens with one attached hydrogen (secondary N) is 2. The highest BCUT2D eigenvalue weighted by Gasteiger charge is 2.47. The zero-order chi connectivity index (χ0) is 21.5. The average molecular weight is 417 g/mol. The molecule has 1 atom stereocenters. The van der Waals surface area contributed by atoms with Crippen molar-refractivity contribution >= 4 is 34.3 Å². The standard InChI is InChI=1S/C22H19N5O4/c28-19-16-8-2-1-7-15(16)18(24-25-19)20(29)23-14-6-3-5-13(11-14)12-27-21(30)17-9-4-10-26(17)22(27)31/h1-3,5-8,11,17H,4,9-10,12H2,(H,23,29)(H,25,28). The second-order valence-corrected chi connectivity index (χ2v) is 7.66. The van der Waals surface area contributed by atoms with E-state index in [1.54, 1.807) is 53.4 Å². The number of carbonyl (C=O) groups excluding carboxylic acids is 3. The molecule has 0 spiro atoms. The third-order valence-electron chi connectivity index (χ3n) is 5.72. The lowest BCUT2D eigenvalue weighted by Crippen LogP contribution is -2.32. The highest BCUT2D eigenvalue weighted by molar-refractivity contribution is 6.11. The Morgan fingerprint density at radius 3 is 2.71 bits per heavy atom. The minimum absolute atomic E-state index is 0.103. The molecule has 0 aliphatic carbocycles. The van der Waals surface area contributed by atoms with Crippen LogP contribution in [0, 0.1) is 0 Å². The molecule has 4 amide bonds. The van der Waals surface area contributed by atoms with Crippen LogP contribution in [0.5, 0.6) is 0 Å². The molecule has 0 saturated carbocycles. The van der Waals surface area contributed by atoms with Gasteiger partial charge in [-0.1, -0.05) is 30.3 Å². The van der Waals surface area contributed by atoms with Crippen LogP contribution in [0.1, 0.15) is 28.9 Å². The van der Waals surface area contributed by atoms with Crippen LogP contribution in [0.3, 0.4) is 0 Å². The lowest BCUT2D eigenvalue weighted by molar-refractivity contribution is -0.128. The van der Waals surface area contributed by atoms with E-state index in [0.29, 0.717) is 29.4 Å². The molecule has 2 saturated heterocycles. The zero-order valence-electron chi connectivity index (χ0n) is 16.5. The van der Waals surface area contributed by atoms with Crippen LogP contribution in [0.25, 0.3) is 10.8 Å². The molecule has 156 valence electrons. The van der Waals surface area contributed by atoms with Crippen molar-refractivity contribution in [1.29, 1.82) is 0 Å². The van der Waals surface area contributed by atoms with E-state index in [0.717, 1.165) is 12.0 Å². The van der Waals surface area contributed by atoms with Crippen LogP contribution in [0.4, 0.5) is 10.5 Å². The molecule has 9 nitrogen and oxygen atoms in total. The van der Waals surface area contributed by atoms with Gasteiger partial charge in [-0.05, 0) is 36.6 Å². The number of amides is 4. The summed E-state index contributed by atoms with van der Waals surface area (Å²) < 4.78 is 0. The first-order valence-electron chi connectivity index (χ1n) is 10.0. The largest absolute Gasteiger partial charge is 0.327 e. The van der Waals surface area contributed by atoms with E-state index in [1.807, 2.05) is 0 Å². The summed E-state index contributed by atoms with van der Waals surface area (Å²) in [6.07, 6.45) is 1.56. The lowest BCUT2D eigenvalue weighted by Gasteiger charge is -2.16. The van der Waals surface area contributed by atoms with Crippen molar-refractivity contribution in [2.45, 2.75) is 25.4 Å². The van der Waals surface area contributed by atoms with Gasteiger partial charge in [0, 0.05) is 17.6 Å². The summed E-state index contributed by atoms with van der Waals surface area (Å²) in [5.41, 5.74) is 0.958. The van der Waals surface area contributed by atoms with E-state index in [1.165, 1.54) is 4.90 Å². The SMILES string of the molecule is O=C(Nc1cccc(CN2C(=O)C3CCCN3C2=O)c1)c1n[nH]c(=O)c2ccccc12. The Morgan fingerprint density at radius 1 is 1.10 bits per heavy atom. The number of rotatable bonds is 4. The first-order chi connectivity index (χ1) is 15.0. The molecule has 5 rings (SSSR count). The Kier molecular flexibility index (Phi) is 4.50. The van der Waals surface area contributed by atoms with E-state index < -0.39 is 5.91 Å². The van der Waals surface area contributed by atoms with Crippen LogP contribution in [-0.4, -0.2) is 50.4 Å². The number of carbonyl (C=O) groups is 3. The second-order valence-electron chi connectivity index (χ2n) is 7.66. The Labute approximate surface area is 176 Å². The van der Waals surface area contributed by atoms with Crippen molar-refractivity contribution in [3.63, 3.8) is 0 Å². The number of imide groups is 1. The maximum Gasteiger partial charge on any atom is 0.327 e. The summed E-state index contributed by atoms with van der Waals surface area (Å²) in [6.45, 7) is 0.760. The number of benzene rings is 2. The van der Waals surface area contributed by atoms with Crippen molar-refractivity contribution in [3.8, 4) is 0 Å². The summed E-state index contributed by atoms with van der Waals surface area (Å²) >= 11 is 0. The topological polar surface area (TPSA) is 115 Å². The zero-order valence-corrected chi connectivity index (χ0v) is 16.5. The monoisotopic (exact) mass is 417 g/mol. The van der Waals surface area contributed by atoms with E-state index in [4.69, 9.17) is 0 Å². The molecule has 0 radical (unpaired) electrons. The predicted molar refractivity (Wildman–Crippen MR) is 112 cm³/mol. The Balaban J connectivity index is 1.36. The van der Waals surface area contributed by atoms with Crippen molar-refractivity contribution in [3.05, 3.63) is 70.1 Å². The maximum atomic E-state index is 12.8. The van der Waals surface area contributed by atoms with Gasteiger partial charge in [-0.15, -0.1) is 0 Å². The number of urea groups is 1. The number of H-pyrrole nitrogens is 1. The lowest BCUT2D eigenvalue weighted by atomic mass is 10.1. The van der Waals surface area contributed by atoms with Gasteiger partial charge >= 0.3 is 6.03 Å². The number of aromatic nitrogens is 2. The third-order valence-corrected chi connectivity index (χ3v) is 5.72. The van der Waals surface area contributed by atoms with Gasteiger partial charge in [-0.2, -0.15) is 5.10 Å². The average Bonchev–Trinajstić information content (AvgIpc) is 3.34. The molecule has 0 bridgehead atoms. The first kappa shape index (κ1) is 19.0. The molecule has 2 aromatic carbocycles. The summed E-state index contributed by atoms with van der Waals surface area (Å²) in [4.78, 5) is 52.7. The quantitative estimate of drug-likeness (QED) is 0.631. The summed E-state index contributed by atoms with van der Waals surface area (Å²) in [5, 5.41) is 9.86. The van der Waals surface area contributed by atoms with Crippen LogP contribution >= 0.6 is 0 Å². The number of hydrogen-bond acceptors (Lipinski definition) is 5. The highest BCUT2D eigenvalue weighted by Crippen LogP contribution is 2.28.